The summed E-state index contributed by atoms with van der Waals surface area (Å²) < 4.78 is 15.7. The minimum atomic E-state index is -0.293. The Labute approximate surface area is 116 Å². The van der Waals surface area contributed by atoms with E-state index in [-0.39, 0.29) is 11.6 Å². The van der Waals surface area contributed by atoms with Crippen molar-refractivity contribution in [1.82, 2.24) is 9.78 Å². The first-order valence-electron chi connectivity index (χ1n) is 7.15. The van der Waals surface area contributed by atoms with E-state index in [1.165, 1.54) is 6.07 Å². The van der Waals surface area contributed by atoms with Crippen molar-refractivity contribution < 1.29 is 9.18 Å². The summed E-state index contributed by atoms with van der Waals surface area (Å²) in [4.78, 5) is 12.2. The molecule has 0 amide bonds. The van der Waals surface area contributed by atoms with Crippen LogP contribution >= 0.6 is 0 Å². The minimum Gasteiger partial charge on any atom is -0.294 e. The molecule has 0 saturated heterocycles. The van der Waals surface area contributed by atoms with Crippen LogP contribution in [-0.2, 0) is 6.42 Å². The van der Waals surface area contributed by atoms with Crippen molar-refractivity contribution in [2.45, 2.75) is 38.0 Å². The van der Waals surface area contributed by atoms with Crippen LogP contribution in [0.15, 0.2) is 24.3 Å². The number of carbonyl (C=O) groups excluding carboxylic acids is 1. The maximum absolute atomic E-state index is 14.0. The summed E-state index contributed by atoms with van der Waals surface area (Å²) in [5.41, 5.74) is 3.02. The van der Waals surface area contributed by atoms with Crippen molar-refractivity contribution in [2.24, 2.45) is 0 Å². The van der Waals surface area contributed by atoms with Gasteiger partial charge >= 0.3 is 0 Å². The number of Topliss-reactive ketones (excluding diaryl/α,β-unsaturated/α-hetero) is 1. The second kappa shape index (κ2) is 4.27. The highest BCUT2D eigenvalue weighted by molar-refractivity contribution is 5.99. The predicted molar refractivity (Wildman–Crippen MR) is 72.8 cm³/mol. The first kappa shape index (κ1) is 11.8. The number of nitrogens with zero attached hydrogens (tertiary/aromatic N) is 2. The lowest BCUT2D eigenvalue weighted by atomic mass is 9.93. The second-order valence-electron chi connectivity index (χ2n) is 5.62. The maximum Gasteiger partial charge on any atom is 0.166 e. The molecule has 1 heterocycles. The molecule has 2 aliphatic rings. The molecule has 0 atom stereocenters. The first-order valence-corrected chi connectivity index (χ1v) is 7.15. The van der Waals surface area contributed by atoms with E-state index in [0.717, 1.165) is 42.6 Å². The quantitative estimate of drug-likeness (QED) is 0.838. The summed E-state index contributed by atoms with van der Waals surface area (Å²) in [6, 6.07) is 6.62. The van der Waals surface area contributed by atoms with E-state index in [0.29, 0.717) is 18.0 Å². The minimum absolute atomic E-state index is 0.177. The number of ketones is 1. The van der Waals surface area contributed by atoms with E-state index in [4.69, 9.17) is 0 Å². The van der Waals surface area contributed by atoms with Gasteiger partial charge in [-0.1, -0.05) is 12.1 Å². The van der Waals surface area contributed by atoms with E-state index in [2.05, 4.69) is 5.10 Å². The van der Waals surface area contributed by atoms with Crippen molar-refractivity contribution in [3.63, 3.8) is 0 Å². The monoisotopic (exact) mass is 270 g/mol. The molecule has 4 rings (SSSR count). The standard InChI is InChI=1S/C16H15FN2O/c17-11-4-1-2-5-12(11)19-13-6-3-7-14(20)15(13)16(18-19)10-8-9-10/h1-2,4-5,10H,3,6-9H2. The highest BCUT2D eigenvalue weighted by Gasteiger charge is 2.36. The molecule has 0 N–H and O–H groups in total. The van der Waals surface area contributed by atoms with Gasteiger partial charge in [0.2, 0.25) is 0 Å². The highest BCUT2D eigenvalue weighted by Crippen LogP contribution is 2.43. The van der Waals surface area contributed by atoms with Crippen LogP contribution in [0.4, 0.5) is 4.39 Å². The Kier molecular flexibility index (Phi) is 2.52. The van der Waals surface area contributed by atoms with Gasteiger partial charge in [0.1, 0.15) is 11.5 Å². The third kappa shape index (κ3) is 1.71. The largest absolute Gasteiger partial charge is 0.294 e. The number of hydrogen-bond donors (Lipinski definition) is 0. The lowest BCUT2D eigenvalue weighted by Crippen LogP contribution is -2.14. The van der Waals surface area contributed by atoms with Gasteiger partial charge in [-0.25, -0.2) is 9.07 Å². The molecule has 2 aromatic rings. The molecule has 4 heteroatoms. The van der Waals surface area contributed by atoms with E-state index in [1.807, 2.05) is 0 Å². The molecule has 0 aliphatic heterocycles. The maximum atomic E-state index is 14.0. The molecule has 20 heavy (non-hydrogen) atoms. The third-order valence-electron chi connectivity index (χ3n) is 4.15. The van der Waals surface area contributed by atoms with Crippen LogP contribution in [0.2, 0.25) is 0 Å². The van der Waals surface area contributed by atoms with Gasteiger partial charge in [-0.2, -0.15) is 5.10 Å². The van der Waals surface area contributed by atoms with Gasteiger partial charge in [0, 0.05) is 12.3 Å². The first-order chi connectivity index (χ1) is 9.75. The number of carbonyl (C=O) groups is 1. The van der Waals surface area contributed by atoms with E-state index >= 15 is 0 Å². The summed E-state index contributed by atoms with van der Waals surface area (Å²) in [5, 5.41) is 4.59. The number of hydrogen-bond acceptors (Lipinski definition) is 2. The molecule has 2 aliphatic carbocycles. The zero-order chi connectivity index (χ0) is 13.7. The van der Waals surface area contributed by atoms with Crippen LogP contribution in [0.3, 0.4) is 0 Å². The fourth-order valence-corrected chi connectivity index (χ4v) is 3.01. The summed E-state index contributed by atoms with van der Waals surface area (Å²) in [6.45, 7) is 0. The molecule has 0 bridgehead atoms. The van der Waals surface area contributed by atoms with Gasteiger partial charge in [-0.05, 0) is 37.8 Å². The normalized spacial score (nSPS) is 18.1. The Morgan fingerprint density at radius 1 is 1.20 bits per heavy atom. The predicted octanol–water partition coefficient (Wildman–Crippen LogP) is 3.41. The van der Waals surface area contributed by atoms with Crippen molar-refractivity contribution in [2.75, 3.05) is 0 Å². The van der Waals surface area contributed by atoms with Gasteiger partial charge in [-0.3, -0.25) is 4.79 Å². The number of halogens is 1. The smallest absolute Gasteiger partial charge is 0.166 e. The number of para-hydroxylation sites is 1. The van der Waals surface area contributed by atoms with Crippen molar-refractivity contribution in [1.29, 1.82) is 0 Å². The van der Waals surface area contributed by atoms with Crippen LogP contribution in [0.5, 0.6) is 0 Å². The van der Waals surface area contributed by atoms with Crippen LogP contribution < -0.4 is 0 Å². The van der Waals surface area contributed by atoms with Crippen LogP contribution in [0, 0.1) is 5.82 Å². The van der Waals surface area contributed by atoms with E-state index < -0.39 is 0 Å². The number of fused-ring (bicyclic) bond motifs is 1. The Hall–Kier alpha value is -1.97. The summed E-state index contributed by atoms with van der Waals surface area (Å²) in [6.07, 6.45) is 4.41. The van der Waals surface area contributed by atoms with Gasteiger partial charge in [-0.15, -0.1) is 0 Å². The average Bonchev–Trinajstić information content (AvgIpc) is 3.21. The molecule has 1 saturated carbocycles. The van der Waals surface area contributed by atoms with Crippen LogP contribution in [-0.4, -0.2) is 15.6 Å². The van der Waals surface area contributed by atoms with E-state index in [1.54, 1.807) is 22.9 Å². The Bertz CT molecular complexity index is 700. The fraction of sp³-hybridized carbons (Fsp3) is 0.375. The Morgan fingerprint density at radius 3 is 2.75 bits per heavy atom. The molecule has 0 spiro atoms. The molecular formula is C16H15FN2O. The summed E-state index contributed by atoms with van der Waals surface area (Å²) in [5.74, 6) is 0.285. The molecule has 3 nitrogen and oxygen atoms in total. The van der Waals surface area contributed by atoms with Gasteiger partial charge in [0.15, 0.2) is 5.78 Å². The summed E-state index contributed by atoms with van der Waals surface area (Å²) in [7, 11) is 0. The van der Waals surface area contributed by atoms with Crippen molar-refractivity contribution in [3.05, 3.63) is 47.0 Å². The van der Waals surface area contributed by atoms with Crippen molar-refractivity contribution >= 4 is 5.78 Å². The van der Waals surface area contributed by atoms with Gasteiger partial charge < -0.3 is 0 Å². The molecule has 0 unspecified atom stereocenters. The molecular weight excluding hydrogens is 255 g/mol. The highest BCUT2D eigenvalue weighted by atomic mass is 19.1. The number of rotatable bonds is 2. The lowest BCUT2D eigenvalue weighted by molar-refractivity contribution is 0.0971. The lowest BCUT2D eigenvalue weighted by Gasteiger charge is -2.13. The van der Waals surface area contributed by atoms with Gasteiger partial charge in [0.05, 0.1) is 17.0 Å². The van der Waals surface area contributed by atoms with E-state index in [9.17, 15) is 9.18 Å². The topological polar surface area (TPSA) is 34.9 Å². The number of benzene rings is 1. The second-order valence-corrected chi connectivity index (χ2v) is 5.62. The Balaban J connectivity index is 1.95. The van der Waals surface area contributed by atoms with Crippen molar-refractivity contribution in [3.8, 4) is 5.69 Å². The molecule has 1 aromatic carbocycles. The average molecular weight is 270 g/mol. The molecule has 102 valence electrons. The zero-order valence-corrected chi connectivity index (χ0v) is 11.1. The van der Waals surface area contributed by atoms with Crippen LogP contribution in [0.1, 0.15) is 53.3 Å². The van der Waals surface area contributed by atoms with Gasteiger partial charge in [0.25, 0.3) is 0 Å². The molecule has 1 fully saturated rings. The summed E-state index contributed by atoms with van der Waals surface area (Å²) >= 11 is 0. The molecule has 0 radical (unpaired) electrons. The SMILES string of the molecule is O=C1CCCc2c1c(C1CC1)nn2-c1ccccc1F. The third-order valence-corrected chi connectivity index (χ3v) is 4.15. The van der Waals surface area contributed by atoms with Crippen LogP contribution in [0.25, 0.3) is 5.69 Å². The Morgan fingerprint density at radius 2 is 2.00 bits per heavy atom. The zero-order valence-electron chi connectivity index (χ0n) is 11.1. The molecule has 1 aromatic heterocycles. The fourth-order valence-electron chi connectivity index (χ4n) is 3.01. The number of aromatic nitrogens is 2.